The number of ether oxygens (including phenoxy) is 1. The Morgan fingerprint density at radius 2 is 1.91 bits per heavy atom. The maximum Gasteiger partial charge on any atom is 0.266 e. The molecule has 0 N–H and O–H groups in total. The van der Waals surface area contributed by atoms with Crippen LogP contribution in [0.5, 0.6) is 5.75 Å². The van der Waals surface area contributed by atoms with E-state index in [9.17, 15) is 9.59 Å². The van der Waals surface area contributed by atoms with Gasteiger partial charge in [-0.25, -0.2) is 4.98 Å². The van der Waals surface area contributed by atoms with Crippen LogP contribution in [0, 0.1) is 18.8 Å². The maximum absolute atomic E-state index is 13.8. The molecule has 1 saturated carbocycles. The first-order valence-corrected chi connectivity index (χ1v) is 11.3. The van der Waals surface area contributed by atoms with Gasteiger partial charge in [-0.3, -0.25) is 14.2 Å². The second kappa shape index (κ2) is 8.77. The third-order valence-electron chi connectivity index (χ3n) is 5.99. The van der Waals surface area contributed by atoms with Crippen LogP contribution < -0.4 is 10.3 Å². The Morgan fingerprint density at radius 1 is 1.19 bits per heavy atom. The van der Waals surface area contributed by atoms with Crippen molar-refractivity contribution in [1.29, 1.82) is 0 Å². The number of hydrogen-bond donors (Lipinski definition) is 0. The molecule has 32 heavy (non-hydrogen) atoms. The molecule has 1 atom stereocenters. The second-order valence-electron chi connectivity index (χ2n) is 9.14. The zero-order valence-electron chi connectivity index (χ0n) is 19.5. The normalized spacial score (nSPS) is 14.6. The lowest BCUT2D eigenvalue weighted by Crippen LogP contribution is -2.40. The minimum absolute atomic E-state index is 0.0883. The highest BCUT2D eigenvalue weighted by Gasteiger charge is 2.37. The van der Waals surface area contributed by atoms with Crippen LogP contribution in [0.3, 0.4) is 0 Å². The van der Waals surface area contributed by atoms with Crippen molar-refractivity contribution in [1.82, 2.24) is 14.5 Å². The van der Waals surface area contributed by atoms with Crippen LogP contribution in [0.25, 0.3) is 16.6 Å². The van der Waals surface area contributed by atoms with Gasteiger partial charge in [-0.15, -0.1) is 0 Å². The van der Waals surface area contributed by atoms with Crippen molar-refractivity contribution in [2.24, 2.45) is 11.8 Å². The molecule has 0 spiro atoms. The first-order valence-electron chi connectivity index (χ1n) is 11.3. The molecule has 1 heterocycles. The van der Waals surface area contributed by atoms with Crippen LogP contribution in [0.1, 0.15) is 51.0 Å². The SMILES string of the molecule is COc1ccc(C)cc1-n1c(C(C)N(CC(C)C)C(=O)C2CC2)nc2ccccc2c1=O. The van der Waals surface area contributed by atoms with Gasteiger partial charge in [0.1, 0.15) is 11.6 Å². The molecule has 6 heteroatoms. The van der Waals surface area contributed by atoms with Gasteiger partial charge >= 0.3 is 0 Å². The van der Waals surface area contributed by atoms with E-state index in [4.69, 9.17) is 9.72 Å². The number of para-hydroxylation sites is 1. The number of aromatic nitrogens is 2. The molecule has 0 saturated heterocycles. The summed E-state index contributed by atoms with van der Waals surface area (Å²) in [4.78, 5) is 33.8. The highest BCUT2D eigenvalue weighted by molar-refractivity contribution is 5.82. The third-order valence-corrected chi connectivity index (χ3v) is 5.99. The molecule has 1 aromatic heterocycles. The number of amides is 1. The van der Waals surface area contributed by atoms with Crippen LogP contribution >= 0.6 is 0 Å². The largest absolute Gasteiger partial charge is 0.495 e. The monoisotopic (exact) mass is 433 g/mol. The Labute approximate surface area is 188 Å². The van der Waals surface area contributed by atoms with E-state index in [2.05, 4.69) is 13.8 Å². The number of aryl methyl sites for hydroxylation is 1. The average Bonchev–Trinajstić information content (AvgIpc) is 3.62. The van der Waals surface area contributed by atoms with E-state index < -0.39 is 0 Å². The molecule has 1 aliphatic carbocycles. The predicted molar refractivity (Wildman–Crippen MR) is 126 cm³/mol. The Bertz CT molecular complexity index is 1210. The van der Waals surface area contributed by atoms with Crippen LogP contribution in [-0.4, -0.2) is 34.0 Å². The predicted octanol–water partition coefficient (Wildman–Crippen LogP) is 4.66. The minimum atomic E-state index is -0.368. The summed E-state index contributed by atoms with van der Waals surface area (Å²) in [5.74, 6) is 1.68. The molecule has 1 unspecified atom stereocenters. The van der Waals surface area contributed by atoms with Crippen molar-refractivity contribution >= 4 is 16.8 Å². The topological polar surface area (TPSA) is 64.4 Å². The van der Waals surface area contributed by atoms with E-state index in [1.54, 1.807) is 17.7 Å². The summed E-state index contributed by atoms with van der Waals surface area (Å²) in [7, 11) is 1.60. The molecule has 1 aliphatic rings. The molecule has 4 rings (SSSR count). The van der Waals surface area contributed by atoms with Gasteiger partial charge in [-0.1, -0.05) is 32.0 Å². The Kier molecular flexibility index (Phi) is 6.04. The lowest BCUT2D eigenvalue weighted by molar-refractivity contribution is -0.135. The van der Waals surface area contributed by atoms with Gasteiger partial charge in [0.15, 0.2) is 0 Å². The van der Waals surface area contributed by atoms with Crippen LogP contribution in [0.15, 0.2) is 47.3 Å². The van der Waals surface area contributed by atoms with Crippen molar-refractivity contribution in [2.45, 2.75) is 46.6 Å². The summed E-state index contributed by atoms with van der Waals surface area (Å²) < 4.78 is 7.24. The number of methoxy groups -OCH3 is 1. The number of hydrogen-bond acceptors (Lipinski definition) is 4. The number of fused-ring (bicyclic) bond motifs is 1. The van der Waals surface area contributed by atoms with Crippen molar-refractivity contribution in [3.63, 3.8) is 0 Å². The molecule has 3 aromatic rings. The van der Waals surface area contributed by atoms with Crippen LogP contribution in [-0.2, 0) is 4.79 Å². The number of rotatable bonds is 7. The molecule has 1 amide bonds. The van der Waals surface area contributed by atoms with Crippen LogP contribution in [0.4, 0.5) is 0 Å². The van der Waals surface area contributed by atoms with Gasteiger partial charge in [0, 0.05) is 12.5 Å². The van der Waals surface area contributed by atoms with Crippen molar-refractivity contribution in [2.75, 3.05) is 13.7 Å². The van der Waals surface area contributed by atoms with E-state index in [0.29, 0.717) is 40.6 Å². The smallest absolute Gasteiger partial charge is 0.266 e. The molecule has 0 bridgehead atoms. The van der Waals surface area contributed by atoms with Gasteiger partial charge in [0.05, 0.1) is 29.7 Å². The first kappa shape index (κ1) is 22.1. The fourth-order valence-corrected chi connectivity index (χ4v) is 4.17. The Hall–Kier alpha value is -3.15. The third kappa shape index (κ3) is 4.14. The molecule has 0 aliphatic heterocycles. The summed E-state index contributed by atoms with van der Waals surface area (Å²) in [6.07, 6.45) is 1.87. The van der Waals surface area contributed by atoms with Crippen molar-refractivity contribution in [3.8, 4) is 11.4 Å². The average molecular weight is 434 g/mol. The summed E-state index contributed by atoms with van der Waals surface area (Å²) in [5.41, 5.74) is 2.11. The van der Waals surface area contributed by atoms with Gasteiger partial charge in [-0.2, -0.15) is 0 Å². The standard InChI is InChI=1S/C26H31N3O3/c1-16(2)15-28(25(30)19-11-12-19)18(4)24-27-21-9-7-6-8-20(21)26(31)29(24)22-14-17(3)10-13-23(22)32-5/h6-10,13-14,16,18-19H,11-12,15H2,1-5H3. The van der Waals surface area contributed by atoms with Crippen molar-refractivity contribution < 1.29 is 9.53 Å². The zero-order valence-corrected chi connectivity index (χ0v) is 19.5. The molecule has 2 aromatic carbocycles. The number of carbonyl (C=O) groups excluding carboxylic acids is 1. The van der Waals surface area contributed by atoms with Gasteiger partial charge < -0.3 is 9.64 Å². The maximum atomic E-state index is 13.8. The van der Waals surface area contributed by atoms with Gasteiger partial charge in [0.25, 0.3) is 5.56 Å². The fraction of sp³-hybridized carbons (Fsp3) is 0.423. The number of nitrogens with zero attached hydrogens (tertiary/aromatic N) is 3. The molecule has 1 fully saturated rings. The molecule has 6 nitrogen and oxygen atoms in total. The van der Waals surface area contributed by atoms with Crippen LogP contribution in [0.2, 0.25) is 0 Å². The van der Waals surface area contributed by atoms with Gasteiger partial charge in [0.2, 0.25) is 5.91 Å². The van der Waals surface area contributed by atoms with E-state index in [1.807, 2.05) is 55.1 Å². The number of benzene rings is 2. The summed E-state index contributed by atoms with van der Waals surface area (Å²) in [6.45, 7) is 8.77. The molecular formula is C26H31N3O3. The van der Waals surface area contributed by atoms with E-state index in [0.717, 1.165) is 18.4 Å². The quantitative estimate of drug-likeness (QED) is 0.544. The molecular weight excluding hydrogens is 402 g/mol. The summed E-state index contributed by atoms with van der Waals surface area (Å²) in [6, 6.07) is 12.7. The van der Waals surface area contributed by atoms with E-state index in [-0.39, 0.29) is 23.4 Å². The first-order chi connectivity index (χ1) is 15.3. The zero-order chi connectivity index (χ0) is 23.0. The molecule has 168 valence electrons. The highest BCUT2D eigenvalue weighted by atomic mass is 16.5. The van der Waals surface area contributed by atoms with Crippen molar-refractivity contribution in [3.05, 3.63) is 64.2 Å². The second-order valence-corrected chi connectivity index (χ2v) is 9.14. The summed E-state index contributed by atoms with van der Waals surface area (Å²) >= 11 is 0. The molecule has 0 radical (unpaired) electrons. The Balaban J connectivity index is 1.97. The lowest BCUT2D eigenvalue weighted by Gasteiger charge is -2.32. The minimum Gasteiger partial charge on any atom is -0.495 e. The van der Waals surface area contributed by atoms with Gasteiger partial charge in [-0.05, 0) is 62.4 Å². The highest BCUT2D eigenvalue weighted by Crippen LogP contribution is 2.35. The summed E-state index contributed by atoms with van der Waals surface area (Å²) in [5, 5.41) is 0.538. The lowest BCUT2D eigenvalue weighted by atomic mass is 10.1. The van der Waals surface area contributed by atoms with E-state index >= 15 is 0 Å². The Morgan fingerprint density at radius 3 is 2.56 bits per heavy atom. The van der Waals surface area contributed by atoms with E-state index in [1.165, 1.54) is 0 Å². The fourth-order valence-electron chi connectivity index (χ4n) is 4.17. The number of carbonyl (C=O) groups is 1.